The topological polar surface area (TPSA) is 68.8 Å². The first-order valence-electron chi connectivity index (χ1n) is 15.1. The average Bonchev–Trinajstić information content (AvgIpc) is 3.38. The number of nitrogens with zero attached hydrogens (tertiary/aromatic N) is 2. The van der Waals surface area contributed by atoms with Gasteiger partial charge in [0, 0.05) is 42.8 Å². The third-order valence-corrected chi connectivity index (χ3v) is 7.81. The van der Waals surface area contributed by atoms with E-state index in [0.29, 0.717) is 26.2 Å². The summed E-state index contributed by atoms with van der Waals surface area (Å²) in [7, 11) is 0. The van der Waals surface area contributed by atoms with E-state index in [-0.39, 0.29) is 30.5 Å². The Bertz CT molecular complexity index is 1390. The summed E-state index contributed by atoms with van der Waals surface area (Å²) in [6, 6.07) is 26.9. The molecule has 0 saturated carbocycles. The fourth-order valence-electron chi connectivity index (χ4n) is 5.16. The molecule has 0 aliphatic carbocycles. The molecule has 4 aromatic rings. The van der Waals surface area contributed by atoms with Gasteiger partial charge in [0.2, 0.25) is 5.91 Å². The van der Waals surface area contributed by atoms with Crippen molar-refractivity contribution in [2.75, 3.05) is 26.2 Å². The highest BCUT2D eigenvalue weighted by atomic mass is 16.5. The lowest BCUT2D eigenvalue weighted by molar-refractivity contribution is -0.134. The van der Waals surface area contributed by atoms with E-state index in [2.05, 4.69) is 88.3 Å². The van der Waals surface area contributed by atoms with Crippen LogP contribution in [0.4, 0.5) is 0 Å². The minimum absolute atomic E-state index is 0.0563. The summed E-state index contributed by atoms with van der Waals surface area (Å²) < 4.78 is 5.77. The molecule has 0 bridgehead atoms. The molecule has 0 radical (unpaired) electrons. The maximum Gasteiger partial charge on any atom is 0.237 e. The van der Waals surface area contributed by atoms with E-state index in [1.54, 1.807) is 0 Å². The predicted molar refractivity (Wildman–Crippen MR) is 171 cm³/mol. The van der Waals surface area contributed by atoms with E-state index in [4.69, 9.17) is 4.74 Å². The smallest absolute Gasteiger partial charge is 0.237 e. The highest BCUT2D eigenvalue weighted by Gasteiger charge is 2.23. The van der Waals surface area contributed by atoms with Crippen LogP contribution < -0.4 is 0 Å². The molecule has 4 rings (SSSR count). The Morgan fingerprint density at radius 3 is 2.31 bits per heavy atom. The first-order chi connectivity index (χ1) is 20.1. The second kappa shape index (κ2) is 14.6. The molecule has 0 aliphatic heterocycles. The van der Waals surface area contributed by atoms with Gasteiger partial charge in [0.05, 0.1) is 25.9 Å². The average molecular weight is 570 g/mol. The largest absolute Gasteiger partial charge is 0.389 e. The Morgan fingerprint density at radius 2 is 1.62 bits per heavy atom. The van der Waals surface area contributed by atoms with Gasteiger partial charge in [0.15, 0.2) is 0 Å². The molecule has 0 fully saturated rings. The van der Waals surface area contributed by atoms with Gasteiger partial charge in [0.1, 0.15) is 0 Å². The summed E-state index contributed by atoms with van der Waals surface area (Å²) in [5.41, 5.74) is 5.85. The fraction of sp³-hybridized carbons (Fsp3) is 0.417. The molecular formula is C36H47N3O3. The van der Waals surface area contributed by atoms with E-state index < -0.39 is 6.10 Å². The molecular weight excluding hydrogens is 522 g/mol. The second-order valence-electron chi connectivity index (χ2n) is 12.5. The van der Waals surface area contributed by atoms with Crippen molar-refractivity contribution in [2.45, 2.75) is 71.8 Å². The minimum Gasteiger partial charge on any atom is -0.389 e. The third-order valence-electron chi connectivity index (χ3n) is 7.81. The number of fused-ring (bicyclic) bond motifs is 1. The summed E-state index contributed by atoms with van der Waals surface area (Å²) in [6.07, 6.45) is 2.12. The summed E-state index contributed by atoms with van der Waals surface area (Å²) in [6.45, 7) is 13.2. The first kappa shape index (κ1) is 31.5. The van der Waals surface area contributed by atoms with Crippen LogP contribution in [0.1, 0.15) is 56.9 Å². The minimum atomic E-state index is -0.687. The van der Waals surface area contributed by atoms with E-state index in [1.807, 2.05) is 46.2 Å². The summed E-state index contributed by atoms with van der Waals surface area (Å²) in [4.78, 5) is 21.2. The van der Waals surface area contributed by atoms with Crippen molar-refractivity contribution < 1.29 is 14.6 Å². The van der Waals surface area contributed by atoms with E-state index in [9.17, 15) is 9.90 Å². The van der Waals surface area contributed by atoms with Crippen molar-refractivity contribution in [1.82, 2.24) is 14.8 Å². The molecule has 224 valence electrons. The Hall–Kier alpha value is -3.45. The van der Waals surface area contributed by atoms with Crippen molar-refractivity contribution in [3.63, 3.8) is 0 Å². The van der Waals surface area contributed by atoms with E-state index in [1.165, 1.54) is 16.5 Å². The van der Waals surface area contributed by atoms with Crippen molar-refractivity contribution in [2.24, 2.45) is 0 Å². The number of aliphatic hydroxyl groups is 1. The van der Waals surface area contributed by atoms with Gasteiger partial charge in [-0.3, -0.25) is 9.69 Å². The van der Waals surface area contributed by atoms with Gasteiger partial charge in [-0.25, -0.2) is 0 Å². The zero-order valence-electron chi connectivity index (χ0n) is 25.8. The number of ether oxygens (including phenoxy) is 1. The normalized spacial score (nSPS) is 12.8. The van der Waals surface area contributed by atoms with Gasteiger partial charge in [-0.1, -0.05) is 93.6 Å². The first-order valence-corrected chi connectivity index (χ1v) is 15.1. The number of aliphatic hydroxyl groups excluding tert-OH is 1. The van der Waals surface area contributed by atoms with Crippen LogP contribution in [0.2, 0.25) is 0 Å². The number of H-pyrrole nitrogens is 1. The lowest BCUT2D eigenvalue weighted by Crippen LogP contribution is -2.46. The number of benzene rings is 3. The number of carbonyl (C=O) groups is 1. The van der Waals surface area contributed by atoms with Crippen LogP contribution in [0.15, 0.2) is 85.1 Å². The van der Waals surface area contributed by atoms with Gasteiger partial charge in [-0.2, -0.15) is 0 Å². The van der Waals surface area contributed by atoms with Gasteiger partial charge >= 0.3 is 0 Å². The number of carbonyl (C=O) groups excluding carboxylic acids is 1. The second-order valence-corrected chi connectivity index (χ2v) is 12.5. The van der Waals surface area contributed by atoms with Gasteiger partial charge in [-0.15, -0.1) is 0 Å². The molecule has 1 aromatic heterocycles. The van der Waals surface area contributed by atoms with Crippen LogP contribution in [-0.4, -0.2) is 64.2 Å². The van der Waals surface area contributed by atoms with Crippen LogP contribution in [0.3, 0.4) is 0 Å². The zero-order valence-corrected chi connectivity index (χ0v) is 25.8. The molecule has 0 aliphatic rings. The van der Waals surface area contributed by atoms with Crippen molar-refractivity contribution in [1.29, 1.82) is 0 Å². The lowest BCUT2D eigenvalue weighted by atomic mass is 9.87. The zero-order chi connectivity index (χ0) is 30.1. The molecule has 3 aromatic carbocycles. The number of aromatic amines is 1. The summed E-state index contributed by atoms with van der Waals surface area (Å²) >= 11 is 0. The molecule has 0 saturated heterocycles. The van der Waals surface area contributed by atoms with Crippen LogP contribution in [-0.2, 0) is 34.5 Å². The predicted octanol–water partition coefficient (Wildman–Crippen LogP) is 6.32. The third kappa shape index (κ3) is 9.02. The van der Waals surface area contributed by atoms with Gasteiger partial charge in [0.25, 0.3) is 0 Å². The lowest BCUT2D eigenvalue weighted by Gasteiger charge is -2.31. The number of amides is 1. The molecule has 0 unspecified atom stereocenters. The fourth-order valence-corrected chi connectivity index (χ4v) is 5.16. The SMILES string of the molecule is CC(C)N(CC(=O)N(CCc1c[nH]c2ccccc12)Cc1ccc(C(C)(C)C)cc1)C[C@@H](O)COCc1ccccc1. The molecule has 1 atom stereocenters. The maximum atomic E-state index is 13.9. The van der Waals surface area contributed by atoms with E-state index >= 15 is 0 Å². The summed E-state index contributed by atoms with van der Waals surface area (Å²) in [5, 5.41) is 12.0. The van der Waals surface area contributed by atoms with E-state index in [0.717, 1.165) is 23.1 Å². The van der Waals surface area contributed by atoms with Crippen molar-refractivity contribution >= 4 is 16.8 Å². The highest BCUT2D eigenvalue weighted by Crippen LogP contribution is 2.23. The Kier molecular flexibility index (Phi) is 11.0. The number of hydrogen-bond acceptors (Lipinski definition) is 4. The quantitative estimate of drug-likeness (QED) is 0.186. The van der Waals surface area contributed by atoms with Gasteiger partial charge in [-0.05, 0) is 54.0 Å². The standard InChI is InChI=1S/C36H47N3O3/c1-27(2)39(23-32(40)26-42-25-29-11-7-6-8-12-29)24-35(41)38(22-28-15-17-31(18-16-28)36(3,4)5)20-19-30-21-37-34-14-10-9-13-33(30)34/h6-18,21,27,32,37,40H,19-20,22-26H2,1-5H3/t32-/m1/s1. The molecule has 2 N–H and O–H groups in total. The summed E-state index contributed by atoms with van der Waals surface area (Å²) in [5.74, 6) is 0.0563. The Labute approximate surface area is 251 Å². The van der Waals surface area contributed by atoms with Crippen LogP contribution in [0.5, 0.6) is 0 Å². The molecule has 6 nitrogen and oxygen atoms in total. The molecule has 0 spiro atoms. The molecule has 6 heteroatoms. The number of para-hydroxylation sites is 1. The Morgan fingerprint density at radius 1 is 0.929 bits per heavy atom. The van der Waals surface area contributed by atoms with Crippen LogP contribution in [0, 0.1) is 0 Å². The maximum absolute atomic E-state index is 13.9. The van der Waals surface area contributed by atoms with Crippen LogP contribution >= 0.6 is 0 Å². The monoisotopic (exact) mass is 569 g/mol. The van der Waals surface area contributed by atoms with Gasteiger partial charge < -0.3 is 19.7 Å². The number of aromatic nitrogens is 1. The molecule has 1 heterocycles. The highest BCUT2D eigenvalue weighted by molar-refractivity contribution is 5.83. The number of rotatable bonds is 14. The van der Waals surface area contributed by atoms with Crippen molar-refractivity contribution in [3.05, 3.63) is 107 Å². The van der Waals surface area contributed by atoms with Crippen LogP contribution in [0.25, 0.3) is 10.9 Å². The number of nitrogens with one attached hydrogen (secondary N) is 1. The van der Waals surface area contributed by atoms with Crippen molar-refractivity contribution in [3.8, 4) is 0 Å². The molecule has 1 amide bonds. The number of hydrogen-bond donors (Lipinski definition) is 2. The Balaban J connectivity index is 1.42. The molecule has 42 heavy (non-hydrogen) atoms.